The van der Waals surface area contributed by atoms with E-state index in [9.17, 15) is 19.2 Å². The van der Waals surface area contributed by atoms with E-state index < -0.39 is 54.5 Å². The summed E-state index contributed by atoms with van der Waals surface area (Å²) in [5, 5.41) is 2.09. The van der Waals surface area contributed by atoms with Crippen LogP contribution in [0.3, 0.4) is 0 Å². The summed E-state index contributed by atoms with van der Waals surface area (Å²) in [6.07, 6.45) is -5.96. The summed E-state index contributed by atoms with van der Waals surface area (Å²) in [5.41, 5.74) is 0. The van der Waals surface area contributed by atoms with Crippen LogP contribution in [0.1, 0.15) is 27.7 Å². The van der Waals surface area contributed by atoms with Gasteiger partial charge in [0.15, 0.2) is 24.5 Å². The number of isothiocyanates is 1. The summed E-state index contributed by atoms with van der Waals surface area (Å²) >= 11 is 4.55. The monoisotopic (exact) mass is 389 g/mol. The van der Waals surface area contributed by atoms with Crippen LogP contribution in [-0.4, -0.2) is 66.3 Å². The van der Waals surface area contributed by atoms with Crippen LogP contribution in [0.15, 0.2) is 4.99 Å². The Morgan fingerprint density at radius 2 is 1.38 bits per heavy atom. The highest BCUT2D eigenvalue weighted by molar-refractivity contribution is 7.78. The first kappa shape index (κ1) is 21.7. The van der Waals surface area contributed by atoms with E-state index in [2.05, 4.69) is 22.4 Å². The molecule has 0 aliphatic carbocycles. The Balaban J connectivity index is 3.28. The maximum Gasteiger partial charge on any atom is 0.303 e. The first-order valence-corrected chi connectivity index (χ1v) is 7.94. The maximum atomic E-state index is 11.5. The van der Waals surface area contributed by atoms with Gasteiger partial charge in [-0.15, -0.1) is 0 Å². The third-order valence-corrected chi connectivity index (χ3v) is 3.25. The second-order valence-electron chi connectivity index (χ2n) is 5.31. The van der Waals surface area contributed by atoms with Gasteiger partial charge in [-0.05, 0) is 12.2 Å². The Labute approximate surface area is 154 Å². The van der Waals surface area contributed by atoms with Gasteiger partial charge in [-0.2, -0.15) is 4.99 Å². The van der Waals surface area contributed by atoms with E-state index in [1.807, 2.05) is 0 Å². The van der Waals surface area contributed by atoms with Crippen molar-refractivity contribution in [2.45, 2.75) is 58.3 Å². The summed E-state index contributed by atoms with van der Waals surface area (Å²) in [5.74, 6) is -2.74. The fraction of sp³-hybridized carbons (Fsp3) is 0.667. The Kier molecular flexibility index (Phi) is 8.30. The molecule has 1 rings (SSSR count). The van der Waals surface area contributed by atoms with Crippen LogP contribution >= 0.6 is 12.2 Å². The van der Waals surface area contributed by atoms with E-state index in [1.165, 1.54) is 6.92 Å². The highest BCUT2D eigenvalue weighted by Gasteiger charge is 2.52. The number of nitrogens with zero attached hydrogens (tertiary/aromatic N) is 1. The zero-order valence-corrected chi connectivity index (χ0v) is 15.4. The number of carbonyl (C=O) groups excluding carboxylic acids is 4. The quantitative estimate of drug-likeness (QED) is 0.268. The van der Waals surface area contributed by atoms with E-state index in [4.69, 9.17) is 23.7 Å². The Morgan fingerprint density at radius 1 is 0.885 bits per heavy atom. The number of ether oxygens (including phenoxy) is 5. The number of aliphatic imine (C=N–C) groups is 1. The second kappa shape index (κ2) is 9.95. The number of hydrogen-bond donors (Lipinski definition) is 0. The summed E-state index contributed by atoms with van der Waals surface area (Å²) in [4.78, 5) is 49.3. The molecule has 0 aromatic heterocycles. The van der Waals surface area contributed by atoms with Crippen LogP contribution in [0, 0.1) is 0 Å². The van der Waals surface area contributed by atoms with Crippen LogP contribution in [0.25, 0.3) is 0 Å². The first-order chi connectivity index (χ1) is 12.1. The van der Waals surface area contributed by atoms with Crippen LogP contribution in [0.4, 0.5) is 0 Å². The minimum atomic E-state index is -1.26. The number of thiocarbonyl (C=S) groups is 1. The van der Waals surface area contributed by atoms with Crippen LogP contribution in [0.2, 0.25) is 0 Å². The molecule has 0 saturated carbocycles. The molecule has 5 atom stereocenters. The minimum Gasteiger partial charge on any atom is -0.463 e. The fourth-order valence-corrected chi connectivity index (χ4v) is 2.47. The summed E-state index contributed by atoms with van der Waals surface area (Å²) in [7, 11) is 0. The molecule has 0 N–H and O–H groups in total. The van der Waals surface area contributed by atoms with Crippen molar-refractivity contribution in [1.82, 2.24) is 0 Å². The standard InChI is InChI=1S/C15H19NO9S/c1-7(17)21-5-11-12(22-8(2)18)13(23-9(3)19)14(24-10(4)20)15(25-11)16-6-26/h11-15H,5H2,1-4H3/t11-,12-,13+,14-,15+/m1/s1. The lowest BCUT2D eigenvalue weighted by Gasteiger charge is -2.42. The molecule has 10 nitrogen and oxygen atoms in total. The smallest absolute Gasteiger partial charge is 0.303 e. The largest absolute Gasteiger partial charge is 0.463 e. The predicted molar refractivity (Wildman–Crippen MR) is 87.0 cm³/mol. The SMILES string of the molecule is CC(=O)OC[C@H]1O[C@H](N=C=S)[C@H](OC(C)=O)[C@@H](OC(C)=O)[C@@H]1OC(C)=O. The predicted octanol–water partition coefficient (Wildman–Crippen LogP) is 0.172. The highest BCUT2D eigenvalue weighted by atomic mass is 32.1. The number of rotatable bonds is 6. The van der Waals surface area contributed by atoms with Gasteiger partial charge < -0.3 is 23.7 Å². The van der Waals surface area contributed by atoms with Gasteiger partial charge in [0.05, 0.1) is 5.16 Å². The lowest BCUT2D eigenvalue weighted by atomic mass is 9.97. The lowest BCUT2D eigenvalue weighted by Crippen LogP contribution is -2.61. The summed E-state index contributed by atoms with van der Waals surface area (Å²) in [6, 6.07) is 0. The summed E-state index contributed by atoms with van der Waals surface area (Å²) < 4.78 is 26.0. The molecule has 144 valence electrons. The average Bonchev–Trinajstić information content (AvgIpc) is 2.50. The van der Waals surface area contributed by atoms with Crippen molar-refractivity contribution in [3.8, 4) is 0 Å². The molecule has 11 heteroatoms. The molecule has 1 fully saturated rings. The summed E-state index contributed by atoms with van der Waals surface area (Å²) in [6.45, 7) is 4.26. The highest BCUT2D eigenvalue weighted by Crippen LogP contribution is 2.29. The lowest BCUT2D eigenvalue weighted by molar-refractivity contribution is -0.250. The van der Waals surface area contributed by atoms with Gasteiger partial charge in [-0.3, -0.25) is 19.2 Å². The van der Waals surface area contributed by atoms with E-state index in [0.29, 0.717) is 0 Å². The molecule has 1 heterocycles. The van der Waals surface area contributed by atoms with Crippen molar-refractivity contribution >= 4 is 41.3 Å². The van der Waals surface area contributed by atoms with E-state index in [1.54, 1.807) is 0 Å². The van der Waals surface area contributed by atoms with Crippen LogP contribution in [-0.2, 0) is 42.9 Å². The van der Waals surface area contributed by atoms with Gasteiger partial charge in [0.25, 0.3) is 0 Å². The normalized spacial score (nSPS) is 27.5. The molecule has 1 aliphatic rings. The Hall–Kier alpha value is -2.36. The molecule has 1 saturated heterocycles. The van der Waals surface area contributed by atoms with Gasteiger partial charge >= 0.3 is 23.9 Å². The zero-order valence-electron chi connectivity index (χ0n) is 14.6. The molecule has 0 radical (unpaired) electrons. The number of esters is 4. The van der Waals surface area contributed by atoms with E-state index >= 15 is 0 Å². The van der Waals surface area contributed by atoms with Crippen molar-refractivity contribution in [2.24, 2.45) is 4.99 Å². The topological polar surface area (TPSA) is 127 Å². The van der Waals surface area contributed by atoms with E-state index in [0.717, 1.165) is 20.8 Å². The number of hydrogen-bond acceptors (Lipinski definition) is 11. The second-order valence-corrected chi connectivity index (χ2v) is 5.49. The molecule has 0 bridgehead atoms. The Bertz CT molecular complexity index is 616. The molecular formula is C15H19NO9S. The number of carbonyl (C=O) groups is 4. The van der Waals surface area contributed by atoms with Gasteiger partial charge in [0, 0.05) is 27.7 Å². The molecule has 1 aliphatic heterocycles. The van der Waals surface area contributed by atoms with Gasteiger partial charge in [-0.25, -0.2) is 0 Å². The third-order valence-electron chi connectivity index (χ3n) is 3.15. The Morgan fingerprint density at radius 3 is 1.85 bits per heavy atom. The van der Waals surface area contributed by atoms with Crippen LogP contribution in [0.5, 0.6) is 0 Å². The van der Waals surface area contributed by atoms with Crippen molar-refractivity contribution < 1.29 is 42.9 Å². The minimum absolute atomic E-state index is 0.318. The van der Waals surface area contributed by atoms with Crippen molar-refractivity contribution in [2.75, 3.05) is 6.61 Å². The zero-order chi connectivity index (χ0) is 19.9. The molecule has 0 amide bonds. The van der Waals surface area contributed by atoms with E-state index in [-0.39, 0.29) is 6.61 Å². The molecule has 0 spiro atoms. The first-order valence-electron chi connectivity index (χ1n) is 7.53. The van der Waals surface area contributed by atoms with Gasteiger partial charge in [0.2, 0.25) is 0 Å². The molecular weight excluding hydrogens is 370 g/mol. The molecule has 0 unspecified atom stereocenters. The fourth-order valence-electron chi connectivity index (χ4n) is 2.36. The molecule has 26 heavy (non-hydrogen) atoms. The van der Waals surface area contributed by atoms with Gasteiger partial charge in [0.1, 0.15) is 12.7 Å². The van der Waals surface area contributed by atoms with Crippen molar-refractivity contribution in [3.63, 3.8) is 0 Å². The van der Waals surface area contributed by atoms with Crippen molar-refractivity contribution in [3.05, 3.63) is 0 Å². The van der Waals surface area contributed by atoms with Crippen LogP contribution < -0.4 is 0 Å². The van der Waals surface area contributed by atoms with Gasteiger partial charge in [-0.1, -0.05) is 0 Å². The molecule has 0 aromatic carbocycles. The maximum absolute atomic E-state index is 11.5. The molecule has 0 aromatic rings. The average molecular weight is 389 g/mol. The van der Waals surface area contributed by atoms with Crippen molar-refractivity contribution in [1.29, 1.82) is 0 Å². The third kappa shape index (κ3) is 6.51.